The molecule has 1 saturated carbocycles. The zero-order valence-corrected chi connectivity index (χ0v) is 19.2. The molecule has 2 fully saturated rings. The average Bonchev–Trinajstić information content (AvgIpc) is 3.50. The first-order valence-corrected chi connectivity index (χ1v) is 11.3. The summed E-state index contributed by atoms with van der Waals surface area (Å²) >= 11 is 0. The molecule has 174 valence electrons. The third kappa shape index (κ3) is 5.32. The summed E-state index contributed by atoms with van der Waals surface area (Å²) in [4.78, 5) is 14.7. The molecule has 9 heteroatoms. The van der Waals surface area contributed by atoms with Crippen molar-refractivity contribution in [2.75, 3.05) is 27.9 Å². The van der Waals surface area contributed by atoms with Crippen molar-refractivity contribution in [3.63, 3.8) is 0 Å². The van der Waals surface area contributed by atoms with Crippen molar-refractivity contribution < 1.29 is 19.0 Å². The van der Waals surface area contributed by atoms with Gasteiger partial charge in [-0.3, -0.25) is 14.4 Å². The second kappa shape index (κ2) is 10.2. The Kier molecular flexibility index (Phi) is 7.14. The molecular weight excluding hydrogens is 410 g/mol. The Bertz CT molecular complexity index is 902. The molecule has 1 aliphatic heterocycles. The number of nitrogens with one attached hydrogen (secondary N) is 1. The first-order chi connectivity index (χ1) is 15.6. The van der Waals surface area contributed by atoms with Gasteiger partial charge in [0.25, 0.3) is 5.91 Å². The van der Waals surface area contributed by atoms with Crippen LogP contribution in [0.3, 0.4) is 0 Å². The van der Waals surface area contributed by atoms with Gasteiger partial charge in [-0.15, -0.1) is 5.10 Å². The number of hydrogen-bond acceptors (Lipinski definition) is 7. The van der Waals surface area contributed by atoms with Crippen molar-refractivity contribution >= 4 is 5.91 Å². The topological polar surface area (TPSA) is 90.7 Å². The summed E-state index contributed by atoms with van der Waals surface area (Å²) in [6.07, 6.45) is 8.39. The predicted molar refractivity (Wildman–Crippen MR) is 119 cm³/mol. The van der Waals surface area contributed by atoms with E-state index in [-0.39, 0.29) is 5.91 Å². The molecule has 0 bridgehead atoms. The highest BCUT2D eigenvalue weighted by molar-refractivity contribution is 5.92. The number of likely N-dealkylation sites (tertiary alicyclic amines) is 1. The third-order valence-electron chi connectivity index (χ3n) is 6.23. The van der Waals surface area contributed by atoms with Gasteiger partial charge in [0, 0.05) is 25.2 Å². The molecule has 2 aliphatic rings. The zero-order valence-electron chi connectivity index (χ0n) is 19.2. The van der Waals surface area contributed by atoms with Gasteiger partial charge in [-0.05, 0) is 56.3 Å². The largest absolute Gasteiger partial charge is 0.493 e. The van der Waals surface area contributed by atoms with Gasteiger partial charge in [0.1, 0.15) is 0 Å². The minimum absolute atomic E-state index is 0.125. The van der Waals surface area contributed by atoms with Crippen LogP contribution in [0.25, 0.3) is 0 Å². The lowest BCUT2D eigenvalue weighted by molar-refractivity contribution is 0.0946. The van der Waals surface area contributed by atoms with Gasteiger partial charge in [0.2, 0.25) is 5.75 Å². The molecule has 1 saturated heterocycles. The van der Waals surface area contributed by atoms with E-state index in [4.69, 9.17) is 14.2 Å². The third-order valence-corrected chi connectivity index (χ3v) is 6.23. The highest BCUT2D eigenvalue weighted by Crippen LogP contribution is 2.39. The summed E-state index contributed by atoms with van der Waals surface area (Å²) in [5.41, 5.74) is 1.53. The maximum Gasteiger partial charge on any atom is 0.273 e. The van der Waals surface area contributed by atoms with E-state index in [1.807, 2.05) is 12.1 Å². The minimum atomic E-state index is -0.125. The molecule has 1 N–H and O–H groups in total. The van der Waals surface area contributed by atoms with Gasteiger partial charge in [0.15, 0.2) is 17.2 Å². The number of piperidine rings is 1. The number of methoxy groups -OCH3 is 3. The molecule has 1 unspecified atom stereocenters. The lowest BCUT2D eigenvalue weighted by Gasteiger charge is -2.36. The highest BCUT2D eigenvalue weighted by atomic mass is 16.5. The Labute approximate surface area is 189 Å². The van der Waals surface area contributed by atoms with E-state index in [1.54, 1.807) is 32.2 Å². The first kappa shape index (κ1) is 22.4. The molecule has 2 aromatic rings. The van der Waals surface area contributed by atoms with Crippen molar-refractivity contribution in [2.45, 2.75) is 63.7 Å². The molecular formula is C23H33N5O4. The van der Waals surface area contributed by atoms with E-state index in [1.165, 1.54) is 12.8 Å². The average molecular weight is 444 g/mol. The molecule has 32 heavy (non-hydrogen) atoms. The number of rotatable bonds is 10. The Morgan fingerprint density at radius 1 is 1.09 bits per heavy atom. The number of amides is 1. The van der Waals surface area contributed by atoms with E-state index in [0.29, 0.717) is 35.0 Å². The SMILES string of the molecule is COc1cc(CN2CCCCC2CCn2cc(C(=O)NC3CC3)nn2)cc(OC)c1OC. The Morgan fingerprint density at radius 3 is 2.50 bits per heavy atom. The van der Waals surface area contributed by atoms with Crippen molar-refractivity contribution in [1.82, 2.24) is 25.2 Å². The molecule has 4 rings (SSSR count). The van der Waals surface area contributed by atoms with Crippen LogP contribution in [0.4, 0.5) is 0 Å². The van der Waals surface area contributed by atoms with E-state index in [9.17, 15) is 4.79 Å². The first-order valence-electron chi connectivity index (χ1n) is 11.3. The van der Waals surface area contributed by atoms with Crippen LogP contribution in [-0.4, -0.2) is 65.8 Å². The summed E-state index contributed by atoms with van der Waals surface area (Å²) in [6, 6.07) is 4.80. The lowest BCUT2D eigenvalue weighted by atomic mass is 9.98. The van der Waals surface area contributed by atoms with Crippen LogP contribution in [0.15, 0.2) is 18.3 Å². The van der Waals surface area contributed by atoms with E-state index in [2.05, 4.69) is 20.5 Å². The molecule has 1 aromatic carbocycles. The van der Waals surface area contributed by atoms with E-state index in [0.717, 1.165) is 50.9 Å². The van der Waals surface area contributed by atoms with Crippen LogP contribution in [0.1, 0.15) is 54.6 Å². The quantitative estimate of drug-likeness (QED) is 0.604. The maximum absolute atomic E-state index is 12.2. The van der Waals surface area contributed by atoms with Crippen molar-refractivity contribution in [2.24, 2.45) is 0 Å². The van der Waals surface area contributed by atoms with Gasteiger partial charge < -0.3 is 19.5 Å². The molecule has 1 aromatic heterocycles. The van der Waals surface area contributed by atoms with Gasteiger partial charge in [-0.2, -0.15) is 0 Å². The summed E-state index contributed by atoms with van der Waals surface area (Å²) < 4.78 is 18.3. The Balaban J connectivity index is 1.39. The Morgan fingerprint density at radius 2 is 1.84 bits per heavy atom. The van der Waals surface area contributed by atoms with Crippen LogP contribution in [0.5, 0.6) is 17.2 Å². The zero-order chi connectivity index (χ0) is 22.5. The molecule has 0 radical (unpaired) electrons. The molecule has 9 nitrogen and oxygen atoms in total. The van der Waals surface area contributed by atoms with Gasteiger partial charge in [0.05, 0.1) is 27.5 Å². The van der Waals surface area contributed by atoms with Gasteiger partial charge >= 0.3 is 0 Å². The minimum Gasteiger partial charge on any atom is -0.493 e. The number of aromatic nitrogens is 3. The van der Waals surface area contributed by atoms with Crippen LogP contribution >= 0.6 is 0 Å². The van der Waals surface area contributed by atoms with Gasteiger partial charge in [-0.1, -0.05) is 11.6 Å². The van der Waals surface area contributed by atoms with Gasteiger partial charge in [-0.25, -0.2) is 0 Å². The number of aryl methyl sites for hydroxylation is 1. The molecule has 1 atom stereocenters. The number of ether oxygens (including phenoxy) is 3. The van der Waals surface area contributed by atoms with E-state index < -0.39 is 0 Å². The lowest BCUT2D eigenvalue weighted by Crippen LogP contribution is -2.39. The monoisotopic (exact) mass is 443 g/mol. The maximum atomic E-state index is 12.2. The van der Waals surface area contributed by atoms with Crippen LogP contribution < -0.4 is 19.5 Å². The second-order valence-electron chi connectivity index (χ2n) is 8.56. The van der Waals surface area contributed by atoms with Crippen LogP contribution in [0.2, 0.25) is 0 Å². The van der Waals surface area contributed by atoms with Crippen molar-refractivity contribution in [3.8, 4) is 17.2 Å². The standard InChI is InChI=1S/C23H33N5O4/c1-30-20-12-16(13-21(31-2)22(20)32-3)14-27-10-5-4-6-18(27)9-11-28-15-19(25-26-28)23(29)24-17-7-8-17/h12-13,15,17-18H,4-11,14H2,1-3H3,(H,24,29). The second-order valence-corrected chi connectivity index (χ2v) is 8.56. The fourth-order valence-corrected chi connectivity index (χ4v) is 4.34. The summed E-state index contributed by atoms with van der Waals surface area (Å²) in [5.74, 6) is 1.84. The molecule has 0 spiro atoms. The number of carbonyl (C=O) groups is 1. The van der Waals surface area contributed by atoms with Crippen LogP contribution in [0, 0.1) is 0 Å². The fourth-order valence-electron chi connectivity index (χ4n) is 4.34. The normalized spacial score (nSPS) is 18.9. The number of hydrogen-bond donors (Lipinski definition) is 1. The summed E-state index contributed by atoms with van der Waals surface area (Å²) in [5, 5.41) is 11.2. The molecule has 1 amide bonds. The van der Waals surface area contributed by atoms with E-state index >= 15 is 0 Å². The molecule has 1 aliphatic carbocycles. The highest BCUT2D eigenvalue weighted by Gasteiger charge is 2.26. The summed E-state index contributed by atoms with van der Waals surface area (Å²) in [7, 11) is 4.90. The fraction of sp³-hybridized carbons (Fsp3) is 0.609. The number of nitrogens with zero attached hydrogens (tertiary/aromatic N) is 4. The predicted octanol–water partition coefficient (Wildman–Crippen LogP) is 2.64. The van der Waals surface area contributed by atoms with Crippen molar-refractivity contribution in [3.05, 3.63) is 29.6 Å². The smallest absolute Gasteiger partial charge is 0.273 e. The summed E-state index contributed by atoms with van der Waals surface area (Å²) in [6.45, 7) is 2.60. The Hall–Kier alpha value is -2.81. The number of carbonyl (C=O) groups excluding carboxylic acids is 1. The van der Waals surface area contributed by atoms with Crippen LogP contribution in [-0.2, 0) is 13.1 Å². The van der Waals surface area contributed by atoms with Crippen molar-refractivity contribution in [1.29, 1.82) is 0 Å². The molecule has 2 heterocycles. The number of benzene rings is 1.